The monoisotopic (exact) mass is 427 g/mol. The second-order valence-electron chi connectivity index (χ2n) is 6.36. The lowest BCUT2D eigenvalue weighted by Crippen LogP contribution is -2.26. The second-order valence-corrected chi connectivity index (χ2v) is 7.20. The summed E-state index contributed by atoms with van der Waals surface area (Å²) in [4.78, 5) is 12.9. The Bertz CT molecular complexity index is 1140. The Balaban J connectivity index is 1.75. The van der Waals surface area contributed by atoms with Crippen molar-refractivity contribution in [1.29, 1.82) is 0 Å². The minimum Gasteiger partial charge on any atom is -0.467 e. The van der Waals surface area contributed by atoms with Gasteiger partial charge in [0.2, 0.25) is 0 Å². The molecule has 1 unspecified atom stereocenters. The van der Waals surface area contributed by atoms with Crippen LogP contribution >= 0.6 is 23.2 Å². The Morgan fingerprint density at radius 2 is 2.03 bits per heavy atom. The third-order valence-electron chi connectivity index (χ3n) is 4.35. The summed E-state index contributed by atoms with van der Waals surface area (Å²) < 4.78 is 6.83. The smallest absolute Gasteiger partial charge is 0.251 e. The highest BCUT2D eigenvalue weighted by atomic mass is 35.5. The first-order valence-corrected chi connectivity index (χ1v) is 9.45. The lowest BCUT2D eigenvalue weighted by atomic mass is 10.0. The molecule has 0 aliphatic rings. The van der Waals surface area contributed by atoms with E-state index in [-0.39, 0.29) is 11.9 Å². The molecule has 0 saturated heterocycles. The third kappa shape index (κ3) is 4.16. The number of carbonyl (C=O) groups excluding carboxylic acids is 1. The summed E-state index contributed by atoms with van der Waals surface area (Å²) in [6.45, 7) is 1.85. The van der Waals surface area contributed by atoms with Crippen LogP contribution in [-0.4, -0.2) is 26.1 Å². The Hall–Kier alpha value is -3.16. The first-order valence-electron chi connectivity index (χ1n) is 8.69. The van der Waals surface area contributed by atoms with Crippen molar-refractivity contribution < 1.29 is 9.21 Å². The molecular formula is C20H15Cl2N5O2. The molecule has 2 aromatic carbocycles. The maximum absolute atomic E-state index is 12.9. The van der Waals surface area contributed by atoms with E-state index < -0.39 is 0 Å². The van der Waals surface area contributed by atoms with Crippen molar-refractivity contribution in [2.45, 2.75) is 13.0 Å². The molecule has 0 aliphatic heterocycles. The first kappa shape index (κ1) is 19.2. The largest absolute Gasteiger partial charge is 0.467 e. The van der Waals surface area contributed by atoms with Crippen LogP contribution in [0.4, 0.5) is 0 Å². The molecule has 0 spiro atoms. The molecule has 1 N–H and O–H groups in total. The van der Waals surface area contributed by atoms with Crippen molar-refractivity contribution in [1.82, 2.24) is 25.5 Å². The van der Waals surface area contributed by atoms with Gasteiger partial charge in [-0.2, -0.15) is 0 Å². The fraction of sp³-hybridized carbons (Fsp3) is 0.100. The van der Waals surface area contributed by atoms with Crippen molar-refractivity contribution in [3.63, 3.8) is 0 Å². The Morgan fingerprint density at radius 1 is 1.17 bits per heavy atom. The van der Waals surface area contributed by atoms with Gasteiger partial charge in [-0.1, -0.05) is 29.3 Å². The van der Waals surface area contributed by atoms with Gasteiger partial charge in [0.25, 0.3) is 5.91 Å². The fourth-order valence-electron chi connectivity index (χ4n) is 2.92. The van der Waals surface area contributed by atoms with E-state index in [1.807, 2.05) is 13.0 Å². The molecule has 1 atom stereocenters. The topological polar surface area (TPSA) is 85.8 Å². The van der Waals surface area contributed by atoms with E-state index in [9.17, 15) is 4.79 Å². The van der Waals surface area contributed by atoms with Crippen molar-refractivity contribution in [3.8, 4) is 16.8 Å². The molecule has 146 valence electrons. The molecule has 29 heavy (non-hydrogen) atoms. The lowest BCUT2D eigenvalue weighted by Gasteiger charge is -2.14. The highest BCUT2D eigenvalue weighted by Gasteiger charge is 2.17. The quantitative estimate of drug-likeness (QED) is 0.497. The van der Waals surface area contributed by atoms with Crippen LogP contribution < -0.4 is 5.32 Å². The summed E-state index contributed by atoms with van der Waals surface area (Å²) in [6, 6.07) is 13.8. The summed E-state index contributed by atoms with van der Waals surface area (Å²) in [5.74, 6) is 0.395. The molecule has 4 aromatic rings. The van der Waals surface area contributed by atoms with Gasteiger partial charge in [0.1, 0.15) is 12.1 Å². The number of furan rings is 1. The molecule has 0 saturated carbocycles. The van der Waals surface area contributed by atoms with Crippen molar-refractivity contribution in [3.05, 3.63) is 82.5 Å². The predicted octanol–water partition coefficient (Wildman–Crippen LogP) is 4.72. The van der Waals surface area contributed by atoms with Crippen LogP contribution in [0.2, 0.25) is 10.0 Å². The SMILES string of the molecule is CC(NC(=O)c1cc(-c2ccc(Cl)cc2Cl)cc(-n2cnnn2)c1)c1ccco1. The highest BCUT2D eigenvalue weighted by molar-refractivity contribution is 6.36. The highest BCUT2D eigenvalue weighted by Crippen LogP contribution is 2.32. The van der Waals surface area contributed by atoms with Crippen LogP contribution in [0, 0.1) is 0 Å². The molecular weight excluding hydrogens is 413 g/mol. The molecule has 0 aliphatic carbocycles. The molecule has 4 rings (SSSR count). The average molecular weight is 428 g/mol. The summed E-state index contributed by atoms with van der Waals surface area (Å²) in [5, 5.41) is 15.2. The molecule has 2 heterocycles. The molecule has 7 nitrogen and oxygen atoms in total. The van der Waals surface area contributed by atoms with E-state index in [0.29, 0.717) is 27.1 Å². The van der Waals surface area contributed by atoms with Crippen molar-refractivity contribution in [2.24, 2.45) is 0 Å². The number of hydrogen-bond donors (Lipinski definition) is 1. The van der Waals surface area contributed by atoms with E-state index in [0.717, 1.165) is 11.1 Å². The van der Waals surface area contributed by atoms with Gasteiger partial charge in [0.15, 0.2) is 0 Å². The van der Waals surface area contributed by atoms with Gasteiger partial charge in [-0.15, -0.1) is 5.10 Å². The van der Waals surface area contributed by atoms with Crippen LogP contribution in [-0.2, 0) is 0 Å². The number of tetrazole rings is 1. The molecule has 1 amide bonds. The normalized spacial score (nSPS) is 12.0. The Kier molecular flexibility index (Phi) is 5.33. The van der Waals surface area contributed by atoms with Gasteiger partial charge in [-0.25, -0.2) is 4.68 Å². The molecule has 9 heteroatoms. The number of halogens is 2. The minimum atomic E-state index is -0.295. The maximum Gasteiger partial charge on any atom is 0.251 e. The van der Waals surface area contributed by atoms with Crippen LogP contribution in [0.3, 0.4) is 0 Å². The molecule has 2 aromatic heterocycles. The van der Waals surface area contributed by atoms with Crippen LogP contribution in [0.15, 0.2) is 65.5 Å². The van der Waals surface area contributed by atoms with Crippen molar-refractivity contribution in [2.75, 3.05) is 0 Å². The fourth-order valence-corrected chi connectivity index (χ4v) is 3.44. The first-order chi connectivity index (χ1) is 14.0. The number of hydrogen-bond acceptors (Lipinski definition) is 5. The molecule has 0 bridgehead atoms. The van der Waals surface area contributed by atoms with Crippen LogP contribution in [0.25, 0.3) is 16.8 Å². The standard InChI is InChI=1S/C20H15Cl2N5O2/c1-12(19-3-2-6-29-19)24-20(28)14-7-13(17-5-4-15(21)10-18(17)22)8-16(9-14)27-11-23-25-26-27/h2-12H,1H3,(H,24,28). The van der Waals surface area contributed by atoms with Crippen LogP contribution in [0.5, 0.6) is 0 Å². The zero-order chi connectivity index (χ0) is 20.4. The number of nitrogens with zero attached hydrogens (tertiary/aromatic N) is 4. The van der Waals surface area contributed by atoms with E-state index >= 15 is 0 Å². The van der Waals surface area contributed by atoms with E-state index in [1.54, 1.807) is 48.7 Å². The summed E-state index contributed by atoms with van der Waals surface area (Å²) in [5.41, 5.74) is 2.52. The van der Waals surface area contributed by atoms with Gasteiger partial charge in [-0.3, -0.25) is 4.79 Å². The third-order valence-corrected chi connectivity index (χ3v) is 4.90. The number of rotatable bonds is 5. The van der Waals surface area contributed by atoms with Crippen LogP contribution in [0.1, 0.15) is 29.1 Å². The number of benzene rings is 2. The van der Waals surface area contributed by atoms with E-state index in [4.69, 9.17) is 27.6 Å². The van der Waals surface area contributed by atoms with Crippen molar-refractivity contribution >= 4 is 29.1 Å². The van der Waals surface area contributed by atoms with E-state index in [2.05, 4.69) is 20.8 Å². The minimum absolute atomic E-state index is 0.268. The summed E-state index contributed by atoms with van der Waals surface area (Å²) >= 11 is 12.4. The number of carbonyl (C=O) groups is 1. The summed E-state index contributed by atoms with van der Waals surface area (Å²) in [6.07, 6.45) is 3.02. The Morgan fingerprint density at radius 3 is 2.72 bits per heavy atom. The number of aromatic nitrogens is 4. The zero-order valence-corrected chi connectivity index (χ0v) is 16.7. The second kappa shape index (κ2) is 8.06. The maximum atomic E-state index is 12.9. The predicted molar refractivity (Wildman–Crippen MR) is 109 cm³/mol. The van der Waals surface area contributed by atoms with Gasteiger partial charge in [0.05, 0.1) is 18.0 Å². The molecule has 0 radical (unpaired) electrons. The zero-order valence-electron chi connectivity index (χ0n) is 15.2. The summed E-state index contributed by atoms with van der Waals surface area (Å²) in [7, 11) is 0. The van der Waals surface area contributed by atoms with Gasteiger partial charge < -0.3 is 9.73 Å². The van der Waals surface area contributed by atoms with Gasteiger partial charge >= 0.3 is 0 Å². The Labute approximate surface area is 176 Å². The number of amides is 1. The van der Waals surface area contributed by atoms with E-state index in [1.165, 1.54) is 11.0 Å². The number of nitrogens with one attached hydrogen (secondary N) is 1. The average Bonchev–Trinajstić information content (AvgIpc) is 3.41. The van der Waals surface area contributed by atoms with Gasteiger partial charge in [-0.05, 0) is 65.4 Å². The lowest BCUT2D eigenvalue weighted by molar-refractivity contribution is 0.0935. The molecule has 0 fully saturated rings. The van der Waals surface area contributed by atoms with Gasteiger partial charge in [0, 0.05) is 21.2 Å².